The highest BCUT2D eigenvalue weighted by molar-refractivity contribution is 14.1. The summed E-state index contributed by atoms with van der Waals surface area (Å²) in [5, 5.41) is 1.30. The normalized spacial score (nSPS) is 12.7. The fraction of sp³-hybridized carbons (Fsp3) is 0.188. The molecule has 3 rings (SSSR count). The lowest BCUT2D eigenvalue weighted by Gasteiger charge is -2.16. The molecular formula is C16H16INO4SSi. The Labute approximate surface area is 154 Å². The van der Waals surface area contributed by atoms with Gasteiger partial charge in [-0.05, 0) is 40.8 Å². The van der Waals surface area contributed by atoms with Crippen molar-refractivity contribution in [2.24, 2.45) is 0 Å². The molecule has 24 heavy (non-hydrogen) atoms. The average molecular weight is 473 g/mol. The van der Waals surface area contributed by atoms with Crippen LogP contribution in [0.3, 0.4) is 0 Å². The third kappa shape index (κ3) is 2.76. The summed E-state index contributed by atoms with van der Waals surface area (Å²) in [6, 6.07) is 9.71. The molecule has 0 amide bonds. The van der Waals surface area contributed by atoms with Gasteiger partial charge in [0.15, 0.2) is 5.52 Å². The monoisotopic (exact) mass is 473 g/mol. The van der Waals surface area contributed by atoms with Crippen LogP contribution in [0.4, 0.5) is 0 Å². The molecule has 0 unspecified atom stereocenters. The highest BCUT2D eigenvalue weighted by Gasteiger charge is 2.28. The summed E-state index contributed by atoms with van der Waals surface area (Å²) in [5.74, 6) is 0. The summed E-state index contributed by atoms with van der Waals surface area (Å²) in [5.41, 5.74) is -0.558. The van der Waals surface area contributed by atoms with Gasteiger partial charge >= 0.3 is 5.63 Å². The molecule has 0 bridgehead atoms. The van der Waals surface area contributed by atoms with Crippen molar-refractivity contribution in [3.63, 3.8) is 0 Å². The summed E-state index contributed by atoms with van der Waals surface area (Å²) in [6.07, 6.45) is 1.42. The molecule has 0 aliphatic rings. The van der Waals surface area contributed by atoms with Crippen LogP contribution in [0, 0.1) is 3.57 Å². The highest BCUT2D eigenvalue weighted by Crippen LogP contribution is 2.24. The van der Waals surface area contributed by atoms with Gasteiger partial charge in [0.25, 0.3) is 10.0 Å². The van der Waals surface area contributed by atoms with E-state index in [-0.39, 0.29) is 10.4 Å². The van der Waals surface area contributed by atoms with Gasteiger partial charge in [-0.1, -0.05) is 37.8 Å². The number of aromatic nitrogens is 1. The molecule has 3 aromatic rings. The molecule has 8 heteroatoms. The molecule has 0 fully saturated rings. The molecule has 0 N–H and O–H groups in total. The van der Waals surface area contributed by atoms with E-state index in [1.807, 2.05) is 0 Å². The van der Waals surface area contributed by atoms with Crippen LogP contribution in [0.25, 0.3) is 10.9 Å². The predicted molar refractivity (Wildman–Crippen MR) is 105 cm³/mol. The van der Waals surface area contributed by atoms with Crippen molar-refractivity contribution in [3.8, 4) is 0 Å². The highest BCUT2D eigenvalue weighted by atomic mass is 127. The van der Waals surface area contributed by atoms with Crippen molar-refractivity contribution in [2.75, 3.05) is 0 Å². The Morgan fingerprint density at radius 1 is 1.08 bits per heavy atom. The first-order chi connectivity index (χ1) is 11.1. The van der Waals surface area contributed by atoms with E-state index in [2.05, 4.69) is 42.2 Å². The zero-order chi connectivity index (χ0) is 17.7. The molecule has 0 aliphatic heterocycles. The number of hydrogen-bond donors (Lipinski definition) is 0. The number of fused-ring (bicyclic) bond motifs is 1. The van der Waals surface area contributed by atoms with Crippen LogP contribution in [0.2, 0.25) is 19.6 Å². The van der Waals surface area contributed by atoms with Crippen molar-refractivity contribution in [2.45, 2.75) is 24.5 Å². The van der Waals surface area contributed by atoms with E-state index >= 15 is 0 Å². The number of benzene rings is 1. The first-order valence-corrected chi connectivity index (χ1v) is 13.3. The Bertz CT molecular complexity index is 1080. The Hall–Kier alpha value is -1.39. The molecule has 0 aliphatic carbocycles. The standard InChI is InChI=1S/C16H16INO4SSi/c1-24(2,3)16-13(17)12-9-10-18(14(12)15(19)22-16)23(20,21)11-7-5-4-6-8-11/h4-10H,1-3H3. The van der Waals surface area contributed by atoms with E-state index in [0.717, 1.165) is 7.54 Å². The summed E-state index contributed by atoms with van der Waals surface area (Å²) in [4.78, 5) is 12.7. The third-order valence-corrected chi connectivity index (χ3v) is 8.64. The van der Waals surface area contributed by atoms with Crippen molar-refractivity contribution < 1.29 is 12.8 Å². The number of hydrogen-bond acceptors (Lipinski definition) is 4. The zero-order valence-corrected chi connectivity index (χ0v) is 17.4. The second-order valence-corrected chi connectivity index (χ2v) is 14.3. The molecule has 5 nitrogen and oxygen atoms in total. The van der Waals surface area contributed by atoms with Gasteiger partial charge in [0, 0.05) is 11.6 Å². The van der Waals surface area contributed by atoms with Crippen LogP contribution in [-0.2, 0) is 10.0 Å². The zero-order valence-electron chi connectivity index (χ0n) is 13.4. The van der Waals surface area contributed by atoms with E-state index < -0.39 is 23.7 Å². The minimum atomic E-state index is -3.85. The van der Waals surface area contributed by atoms with Gasteiger partial charge in [0.2, 0.25) is 0 Å². The van der Waals surface area contributed by atoms with Crippen LogP contribution >= 0.6 is 22.6 Å². The Balaban J connectivity index is 2.35. The van der Waals surface area contributed by atoms with Gasteiger partial charge in [-0.25, -0.2) is 17.2 Å². The molecule has 0 atom stereocenters. The maximum Gasteiger partial charge on any atom is 0.361 e. The molecular weight excluding hydrogens is 457 g/mol. The van der Waals surface area contributed by atoms with E-state index in [1.165, 1.54) is 18.3 Å². The SMILES string of the molecule is C[Si](C)(C)c1oc(=O)c2c(ccn2S(=O)(=O)c2ccccc2)c1I. The molecule has 0 spiro atoms. The fourth-order valence-electron chi connectivity index (χ4n) is 2.49. The maximum atomic E-state index is 12.8. The van der Waals surface area contributed by atoms with Crippen LogP contribution in [-0.4, -0.2) is 20.5 Å². The smallest absolute Gasteiger partial charge is 0.361 e. The lowest BCUT2D eigenvalue weighted by Crippen LogP contribution is -2.41. The maximum absolute atomic E-state index is 12.8. The van der Waals surface area contributed by atoms with Gasteiger partial charge in [0.1, 0.15) is 13.5 Å². The quantitative estimate of drug-likeness (QED) is 0.434. The van der Waals surface area contributed by atoms with Gasteiger partial charge in [-0.15, -0.1) is 0 Å². The second-order valence-electron chi connectivity index (χ2n) is 6.47. The fourth-order valence-corrected chi connectivity index (χ4v) is 8.02. The predicted octanol–water partition coefficient (Wildman–Crippen LogP) is 2.98. The molecule has 2 heterocycles. The third-order valence-electron chi connectivity index (χ3n) is 3.66. The van der Waals surface area contributed by atoms with Crippen molar-refractivity contribution in [3.05, 3.63) is 56.6 Å². The van der Waals surface area contributed by atoms with Crippen LogP contribution in [0.1, 0.15) is 0 Å². The first-order valence-electron chi connectivity index (χ1n) is 7.29. The largest absolute Gasteiger partial charge is 0.431 e. The summed E-state index contributed by atoms with van der Waals surface area (Å²) < 4.78 is 33.0. The number of halogens is 1. The van der Waals surface area contributed by atoms with Crippen molar-refractivity contribution >= 4 is 57.0 Å². The Morgan fingerprint density at radius 3 is 2.29 bits per heavy atom. The average Bonchev–Trinajstić information content (AvgIpc) is 2.97. The number of nitrogens with zero attached hydrogens (tertiary/aromatic N) is 1. The molecule has 0 saturated carbocycles. The topological polar surface area (TPSA) is 69.3 Å². The van der Waals surface area contributed by atoms with Crippen LogP contribution < -0.4 is 11.0 Å². The van der Waals surface area contributed by atoms with E-state index in [4.69, 9.17) is 4.42 Å². The molecule has 126 valence electrons. The van der Waals surface area contributed by atoms with Crippen LogP contribution in [0.5, 0.6) is 0 Å². The lowest BCUT2D eigenvalue weighted by molar-refractivity contribution is 0.543. The first kappa shape index (κ1) is 17.4. The molecule has 0 radical (unpaired) electrons. The minimum absolute atomic E-state index is 0.0604. The Kier molecular flexibility index (Phi) is 4.25. The van der Waals surface area contributed by atoms with Crippen molar-refractivity contribution in [1.82, 2.24) is 3.97 Å². The summed E-state index contributed by atoms with van der Waals surface area (Å²) >= 11 is 2.13. The Morgan fingerprint density at radius 2 is 1.71 bits per heavy atom. The van der Waals surface area contributed by atoms with Gasteiger partial charge in [-0.3, -0.25) is 0 Å². The van der Waals surface area contributed by atoms with Gasteiger partial charge in [0.05, 0.1) is 8.47 Å². The van der Waals surface area contributed by atoms with E-state index in [0.29, 0.717) is 10.8 Å². The lowest BCUT2D eigenvalue weighted by atomic mass is 10.3. The molecule has 1 aromatic carbocycles. The summed E-state index contributed by atoms with van der Waals surface area (Å²) in [7, 11) is -5.71. The van der Waals surface area contributed by atoms with E-state index in [1.54, 1.807) is 24.3 Å². The molecule has 0 saturated heterocycles. The van der Waals surface area contributed by atoms with E-state index in [9.17, 15) is 13.2 Å². The van der Waals surface area contributed by atoms with Crippen molar-refractivity contribution in [1.29, 1.82) is 0 Å². The minimum Gasteiger partial charge on any atom is -0.431 e. The second kappa shape index (κ2) is 5.85. The van der Waals surface area contributed by atoms with Crippen LogP contribution in [0.15, 0.2) is 56.7 Å². The number of rotatable bonds is 3. The molecule has 2 aromatic heterocycles. The van der Waals surface area contributed by atoms with Gasteiger partial charge in [-0.2, -0.15) is 0 Å². The van der Waals surface area contributed by atoms with Gasteiger partial charge < -0.3 is 4.42 Å². The summed E-state index contributed by atoms with van der Waals surface area (Å²) in [6.45, 7) is 6.24.